The summed E-state index contributed by atoms with van der Waals surface area (Å²) in [4.78, 5) is 128. The Kier molecular flexibility index (Phi) is 21.1. The predicted octanol–water partition coefficient (Wildman–Crippen LogP) is 7.34. The smallest absolute Gasteiger partial charge is 0.416 e. The maximum atomic E-state index is 14.5. The lowest BCUT2D eigenvalue weighted by molar-refractivity contribution is -0.132. The SMILES string of the molecule is COc1cc2c(cc1OCCCCCOc1cc3c(cc1OC)C(=O)N1CC4(CC4)C[C@H]1C(O)N3C(=O)OCc1ccc(NC(=O)[C@H](C)NC(=O)[C@@H](NC(=O)CNC(=O)CNC(=O)CCC(=O)N3Cc4ccccc4C#Cc4ccccc43)C(C)C)cc1)NC[C@@H]1Cc3ccccc3N1C2=O. The summed E-state index contributed by atoms with van der Waals surface area (Å²) in [6, 6.07) is 32.9. The van der Waals surface area contributed by atoms with Crippen LogP contribution in [0.5, 0.6) is 23.0 Å². The highest BCUT2D eigenvalue weighted by Gasteiger charge is 2.58. The molecule has 6 aromatic carbocycles. The number of aliphatic hydroxyl groups is 1. The van der Waals surface area contributed by atoms with Crippen molar-refractivity contribution in [2.24, 2.45) is 11.3 Å². The minimum atomic E-state index is -1.47. The number of hydrogen-bond donors (Lipinski definition) is 7. The normalized spacial score (nSPS) is 17.6. The van der Waals surface area contributed by atoms with Gasteiger partial charge in [0.2, 0.25) is 35.4 Å². The first-order valence-corrected chi connectivity index (χ1v) is 34.1. The van der Waals surface area contributed by atoms with Gasteiger partial charge < -0.3 is 75.4 Å². The molecule has 5 heterocycles. The molecule has 9 amide bonds. The number of methoxy groups -OCH3 is 2. The van der Waals surface area contributed by atoms with Crippen LogP contribution in [-0.4, -0.2) is 147 Å². The highest BCUT2D eigenvalue weighted by molar-refractivity contribution is 6.12. The number of ether oxygens (including phenoxy) is 5. The van der Waals surface area contributed by atoms with E-state index >= 15 is 0 Å². The number of nitrogens with one attached hydrogen (secondary N) is 6. The van der Waals surface area contributed by atoms with Gasteiger partial charge in [-0.2, -0.15) is 0 Å². The van der Waals surface area contributed by atoms with E-state index < -0.39 is 79.0 Å². The zero-order valence-corrected chi connectivity index (χ0v) is 57.0. The predicted molar refractivity (Wildman–Crippen MR) is 375 cm³/mol. The van der Waals surface area contributed by atoms with Gasteiger partial charge in [-0.15, -0.1) is 0 Å². The molecule has 1 spiro atoms. The Morgan fingerprint density at radius 1 is 0.663 bits per heavy atom. The highest BCUT2D eigenvalue weighted by Crippen LogP contribution is 2.57. The summed E-state index contributed by atoms with van der Waals surface area (Å²) in [7, 11) is 3.01. The number of unbranched alkanes of at least 4 members (excludes halogenated alkanes) is 2. The molecule has 1 unspecified atom stereocenters. The maximum Gasteiger partial charge on any atom is 0.416 e. The van der Waals surface area contributed by atoms with Gasteiger partial charge in [0, 0.05) is 60.6 Å². The molecular formula is C76H82N10O15. The van der Waals surface area contributed by atoms with E-state index in [-0.39, 0.29) is 84.5 Å². The first kappa shape index (κ1) is 69.8. The standard InChI is InChI=1S/C76H82N10O15/c1-45(2)69(82-67(89)41-79-66(88)40-78-65(87)27-28-68(90)83-42-51-18-8-7-15-48(51)23-24-49-16-9-11-19-57(49)83)71(92)80-46(3)70(91)81-52-25-21-47(22-26-52)43-101-75(96)86-59-37-64(62(98-5)35-55(59)72(93)84-44-76(29-30-76)38-60(84)74(86)95)100-32-14-6-13-31-99-63-36-56-54(34-61(63)97-4)73(94)85-53(39-77-56)33-50-17-10-12-20-58(50)85/h7-12,15-22,25-26,34-37,45-46,53,60,69,74,77,95H,6,13-14,27-33,38-44H2,1-5H3,(H,78,87)(H,79,88)(H,80,92)(H,81,91)(H,82,89)/t46-,53-,60-,69-,74?/m0/s1. The minimum absolute atomic E-state index is 0.0156. The van der Waals surface area contributed by atoms with Gasteiger partial charge in [-0.3, -0.25) is 38.4 Å². The lowest BCUT2D eigenvalue weighted by atomic mass is 10.0. The molecule has 5 aliphatic heterocycles. The van der Waals surface area contributed by atoms with Crippen molar-refractivity contribution in [3.8, 4) is 34.8 Å². The van der Waals surface area contributed by atoms with Gasteiger partial charge in [-0.1, -0.05) is 86.4 Å². The first-order chi connectivity index (χ1) is 48.8. The van der Waals surface area contributed by atoms with Crippen LogP contribution in [0, 0.1) is 23.2 Å². The molecule has 1 aliphatic carbocycles. The average Bonchev–Trinajstić information content (AvgIpc) is 1.57. The number of hydrogen-bond acceptors (Lipinski definition) is 16. The van der Waals surface area contributed by atoms with Crippen molar-refractivity contribution in [2.75, 3.05) is 78.9 Å². The van der Waals surface area contributed by atoms with E-state index in [4.69, 9.17) is 23.7 Å². The van der Waals surface area contributed by atoms with Crippen LogP contribution in [0.15, 0.2) is 121 Å². The van der Waals surface area contributed by atoms with Crippen LogP contribution in [0.3, 0.4) is 0 Å². The van der Waals surface area contributed by atoms with Crippen molar-refractivity contribution in [1.29, 1.82) is 0 Å². The molecule has 25 nitrogen and oxygen atoms in total. The number of para-hydroxylation sites is 2. The van der Waals surface area contributed by atoms with Crippen LogP contribution in [0.1, 0.15) is 121 Å². The zero-order valence-electron chi connectivity index (χ0n) is 57.0. The van der Waals surface area contributed by atoms with E-state index in [1.54, 1.807) is 67.2 Å². The molecule has 1 saturated heterocycles. The fraction of sp³-hybridized carbons (Fsp3) is 0.382. The first-order valence-electron chi connectivity index (χ1n) is 34.1. The maximum absolute atomic E-state index is 14.5. The van der Waals surface area contributed by atoms with Crippen molar-refractivity contribution >= 4 is 81.8 Å². The van der Waals surface area contributed by atoms with E-state index in [2.05, 4.69) is 49.8 Å². The van der Waals surface area contributed by atoms with Crippen LogP contribution in [-0.2, 0) is 53.1 Å². The van der Waals surface area contributed by atoms with Crippen molar-refractivity contribution in [3.63, 3.8) is 0 Å². The van der Waals surface area contributed by atoms with Crippen LogP contribution < -0.4 is 65.5 Å². The van der Waals surface area contributed by atoms with E-state index in [0.717, 1.165) is 46.5 Å². The molecule has 526 valence electrons. The van der Waals surface area contributed by atoms with Gasteiger partial charge in [-0.05, 0) is 128 Å². The van der Waals surface area contributed by atoms with Gasteiger partial charge in [0.1, 0.15) is 18.7 Å². The third-order valence-electron chi connectivity index (χ3n) is 19.2. The fourth-order valence-electron chi connectivity index (χ4n) is 13.5. The quantitative estimate of drug-likeness (QED) is 0.0218. The third kappa shape index (κ3) is 15.7. The van der Waals surface area contributed by atoms with Gasteiger partial charge >= 0.3 is 6.09 Å². The average molecular weight is 1380 g/mol. The highest BCUT2D eigenvalue weighted by atomic mass is 16.6. The summed E-state index contributed by atoms with van der Waals surface area (Å²) < 4.78 is 29.9. The number of benzene rings is 6. The van der Waals surface area contributed by atoms with Gasteiger partial charge in [0.05, 0.1) is 87.3 Å². The molecule has 6 aromatic rings. The summed E-state index contributed by atoms with van der Waals surface area (Å²) >= 11 is 0. The molecule has 2 fully saturated rings. The summed E-state index contributed by atoms with van der Waals surface area (Å²) in [5, 5.41) is 28.5. The Labute approximate surface area is 584 Å². The second kappa shape index (κ2) is 30.5. The van der Waals surface area contributed by atoms with Crippen LogP contribution in [0.4, 0.5) is 33.2 Å². The topological polar surface area (TPSA) is 305 Å². The molecular weight excluding hydrogens is 1290 g/mol. The Morgan fingerprint density at radius 3 is 2.02 bits per heavy atom. The monoisotopic (exact) mass is 1370 g/mol. The molecule has 25 heteroatoms. The van der Waals surface area contributed by atoms with Crippen LogP contribution >= 0.6 is 0 Å². The molecule has 0 aromatic heterocycles. The molecule has 0 radical (unpaired) electrons. The third-order valence-corrected chi connectivity index (χ3v) is 19.2. The van der Waals surface area contributed by atoms with E-state index in [1.165, 1.54) is 26.2 Å². The lowest BCUT2D eigenvalue weighted by Crippen LogP contribution is -2.55. The number of rotatable bonds is 25. The van der Waals surface area contributed by atoms with Crippen molar-refractivity contribution in [1.82, 2.24) is 26.2 Å². The van der Waals surface area contributed by atoms with E-state index in [0.29, 0.717) is 90.6 Å². The largest absolute Gasteiger partial charge is 0.493 e. The van der Waals surface area contributed by atoms with E-state index in [9.17, 15) is 48.3 Å². The molecule has 6 aliphatic rings. The van der Waals surface area contributed by atoms with Gasteiger partial charge in [-0.25, -0.2) is 9.69 Å². The molecule has 101 heavy (non-hydrogen) atoms. The molecule has 5 atom stereocenters. The number of amides is 9. The second-order valence-corrected chi connectivity index (χ2v) is 26.6. The summed E-state index contributed by atoms with van der Waals surface area (Å²) in [5.41, 5.74) is 7.20. The number of nitrogens with zero attached hydrogens (tertiary/aromatic N) is 4. The summed E-state index contributed by atoms with van der Waals surface area (Å²) in [6.07, 6.45) is 2.29. The molecule has 0 bridgehead atoms. The number of fused-ring (bicyclic) bond motifs is 8. The number of carbonyl (C=O) groups excluding carboxylic acids is 9. The minimum Gasteiger partial charge on any atom is -0.493 e. The fourth-order valence-corrected chi connectivity index (χ4v) is 13.5. The zero-order chi connectivity index (χ0) is 71.1. The van der Waals surface area contributed by atoms with Gasteiger partial charge in [0.15, 0.2) is 29.2 Å². The Morgan fingerprint density at radius 2 is 1.31 bits per heavy atom. The van der Waals surface area contributed by atoms with Crippen molar-refractivity contribution in [2.45, 2.75) is 122 Å². The van der Waals surface area contributed by atoms with E-state index in [1.807, 2.05) is 71.6 Å². The van der Waals surface area contributed by atoms with Gasteiger partial charge in [0.25, 0.3) is 11.8 Å². The molecule has 1 saturated carbocycles. The lowest BCUT2D eigenvalue weighted by Gasteiger charge is -2.31. The Hall–Kier alpha value is -11.1. The number of anilines is 5. The molecule has 12 rings (SSSR count). The number of carbonyl (C=O) groups is 9. The van der Waals surface area contributed by atoms with Crippen LogP contribution in [0.2, 0.25) is 0 Å². The Bertz CT molecular complexity index is 4280. The number of aliphatic hydroxyl groups excluding tert-OH is 1. The molecule has 7 N–H and O–H groups in total. The summed E-state index contributed by atoms with van der Waals surface area (Å²) in [6.45, 7) is 5.49. The second-order valence-electron chi connectivity index (χ2n) is 26.6. The summed E-state index contributed by atoms with van der Waals surface area (Å²) in [5.74, 6) is 3.43. The van der Waals surface area contributed by atoms with Crippen molar-refractivity contribution in [3.05, 3.63) is 160 Å². The Balaban J connectivity index is 0.592. The van der Waals surface area contributed by atoms with Crippen LogP contribution in [0.25, 0.3) is 0 Å². The van der Waals surface area contributed by atoms with Crippen molar-refractivity contribution < 1.29 is 71.9 Å².